The van der Waals surface area contributed by atoms with Gasteiger partial charge in [-0.2, -0.15) is 0 Å². The fourth-order valence-electron chi connectivity index (χ4n) is 2.01. The molecule has 0 radical (unpaired) electrons. The van der Waals surface area contributed by atoms with Crippen molar-refractivity contribution in [3.8, 4) is 0 Å². The summed E-state index contributed by atoms with van der Waals surface area (Å²) in [7, 11) is 0. The summed E-state index contributed by atoms with van der Waals surface area (Å²) in [5.74, 6) is 3.91. The van der Waals surface area contributed by atoms with Gasteiger partial charge in [0.25, 0.3) is 0 Å². The topological polar surface area (TPSA) is 73.6 Å². The largest absolute Gasteiger partial charge is 0.444 e. The molecule has 0 saturated heterocycles. The highest BCUT2D eigenvalue weighted by atomic mass is 19.1. The number of rotatable bonds is 6. The van der Waals surface area contributed by atoms with Gasteiger partial charge in [-0.25, -0.2) is 19.5 Å². The van der Waals surface area contributed by atoms with E-state index >= 15 is 0 Å². The molecule has 0 aliphatic heterocycles. The second-order valence-corrected chi connectivity index (χ2v) is 6.00. The highest BCUT2D eigenvalue weighted by Gasteiger charge is 2.29. The van der Waals surface area contributed by atoms with Crippen molar-refractivity contribution < 1.29 is 23.1 Å². The minimum atomic E-state index is -1.10. The van der Waals surface area contributed by atoms with Gasteiger partial charge in [-0.15, -0.1) is 6.58 Å². The molecule has 1 aromatic carbocycles. The van der Waals surface area contributed by atoms with Crippen LogP contribution in [0.25, 0.3) is 0 Å². The highest BCUT2D eigenvalue weighted by Crippen LogP contribution is 2.26. The second kappa shape index (κ2) is 8.03. The summed E-state index contributed by atoms with van der Waals surface area (Å²) in [4.78, 5) is 16.7. The number of alkyl carbamates (subject to hydrolysis) is 1. The lowest BCUT2D eigenvalue weighted by atomic mass is 9.99. The molecule has 23 heavy (non-hydrogen) atoms. The molecule has 1 amide bonds. The van der Waals surface area contributed by atoms with E-state index in [1.165, 1.54) is 6.08 Å². The van der Waals surface area contributed by atoms with Crippen LogP contribution in [0.5, 0.6) is 0 Å². The molecule has 0 aliphatic rings. The Bertz CT molecular complexity index is 559. The van der Waals surface area contributed by atoms with E-state index in [0.717, 1.165) is 18.2 Å². The summed E-state index contributed by atoms with van der Waals surface area (Å²) in [6.45, 7) is 8.70. The van der Waals surface area contributed by atoms with Crippen molar-refractivity contribution in [3.05, 3.63) is 48.1 Å². The number of benzene rings is 1. The van der Waals surface area contributed by atoms with Crippen LogP contribution in [0, 0.1) is 11.6 Å². The van der Waals surface area contributed by atoms with Crippen molar-refractivity contribution in [2.75, 3.05) is 0 Å². The molecule has 128 valence electrons. The maximum absolute atomic E-state index is 13.9. The summed E-state index contributed by atoms with van der Waals surface area (Å²) < 4.78 is 32.5. The lowest BCUT2D eigenvalue weighted by Crippen LogP contribution is -2.43. The zero-order valence-electron chi connectivity index (χ0n) is 13.4. The van der Waals surface area contributed by atoms with Gasteiger partial charge in [-0.3, -0.25) is 4.84 Å². The molecular weight excluding hydrogens is 306 g/mol. The third-order valence-corrected chi connectivity index (χ3v) is 2.90. The van der Waals surface area contributed by atoms with Crippen molar-refractivity contribution in [3.63, 3.8) is 0 Å². The van der Waals surface area contributed by atoms with Gasteiger partial charge in [-0.1, -0.05) is 6.08 Å². The van der Waals surface area contributed by atoms with E-state index in [0.29, 0.717) is 0 Å². The van der Waals surface area contributed by atoms with Crippen LogP contribution in [0.1, 0.15) is 38.9 Å². The van der Waals surface area contributed by atoms with Crippen LogP contribution in [0.2, 0.25) is 0 Å². The van der Waals surface area contributed by atoms with E-state index in [2.05, 4.69) is 11.9 Å². The van der Waals surface area contributed by atoms with Crippen LogP contribution in [-0.2, 0) is 9.57 Å². The van der Waals surface area contributed by atoms with Crippen molar-refractivity contribution in [1.82, 2.24) is 5.32 Å². The Labute approximate surface area is 134 Å². The molecule has 2 unspecified atom stereocenters. The first-order valence-corrected chi connectivity index (χ1v) is 7.09. The Kier molecular flexibility index (Phi) is 6.65. The summed E-state index contributed by atoms with van der Waals surface area (Å²) in [6.07, 6.45) is -0.0954. The van der Waals surface area contributed by atoms with Crippen molar-refractivity contribution in [2.24, 2.45) is 5.90 Å². The van der Waals surface area contributed by atoms with Gasteiger partial charge in [0.05, 0.1) is 6.04 Å². The van der Waals surface area contributed by atoms with E-state index in [9.17, 15) is 13.6 Å². The van der Waals surface area contributed by atoms with Crippen molar-refractivity contribution in [2.45, 2.75) is 44.9 Å². The molecule has 3 N–H and O–H groups in total. The van der Waals surface area contributed by atoms with Crippen LogP contribution < -0.4 is 11.2 Å². The first kappa shape index (κ1) is 19.1. The summed E-state index contributed by atoms with van der Waals surface area (Å²) in [5.41, 5.74) is -0.804. The number of amides is 1. The molecule has 0 saturated carbocycles. The smallest absolute Gasteiger partial charge is 0.407 e. The Morgan fingerprint density at radius 3 is 2.61 bits per heavy atom. The van der Waals surface area contributed by atoms with E-state index in [1.807, 2.05) is 0 Å². The highest BCUT2D eigenvalue weighted by molar-refractivity contribution is 5.68. The molecule has 0 aromatic heterocycles. The maximum Gasteiger partial charge on any atom is 0.407 e. The van der Waals surface area contributed by atoms with E-state index in [-0.39, 0.29) is 12.0 Å². The van der Waals surface area contributed by atoms with Gasteiger partial charge >= 0.3 is 6.09 Å². The molecule has 7 heteroatoms. The first-order chi connectivity index (χ1) is 10.7. The molecule has 1 rings (SSSR count). The van der Waals surface area contributed by atoms with Crippen LogP contribution in [0.4, 0.5) is 13.6 Å². The van der Waals surface area contributed by atoms with Crippen LogP contribution in [0.3, 0.4) is 0 Å². The van der Waals surface area contributed by atoms with Crippen LogP contribution >= 0.6 is 0 Å². The summed E-state index contributed by atoms with van der Waals surface area (Å²) in [6, 6.07) is 2.15. The SMILES string of the molecule is C=CCC(NC(=O)OC(C)(C)C)C(ON)c1cc(F)ccc1F. The lowest BCUT2D eigenvalue weighted by Gasteiger charge is -2.28. The predicted molar refractivity (Wildman–Crippen MR) is 82.3 cm³/mol. The van der Waals surface area contributed by atoms with Crippen LogP contribution in [0.15, 0.2) is 30.9 Å². The zero-order chi connectivity index (χ0) is 17.6. The van der Waals surface area contributed by atoms with E-state index in [4.69, 9.17) is 15.5 Å². The van der Waals surface area contributed by atoms with Gasteiger partial charge in [0.15, 0.2) is 0 Å². The molecule has 0 heterocycles. The van der Waals surface area contributed by atoms with Crippen molar-refractivity contribution in [1.29, 1.82) is 0 Å². The quantitative estimate of drug-likeness (QED) is 0.620. The number of hydrogen-bond acceptors (Lipinski definition) is 4. The zero-order valence-corrected chi connectivity index (χ0v) is 13.4. The number of carbonyl (C=O) groups is 1. The standard InChI is InChI=1S/C16H22F2N2O3/c1-5-6-13(20-15(21)22-16(2,3)4)14(23-19)11-9-10(17)7-8-12(11)18/h5,7-9,13-14H,1,6,19H2,2-4H3,(H,20,21). The molecule has 0 bridgehead atoms. The predicted octanol–water partition coefficient (Wildman–Crippen LogP) is 3.37. The average Bonchev–Trinajstić information content (AvgIpc) is 2.41. The van der Waals surface area contributed by atoms with Gasteiger partial charge in [-0.05, 0) is 45.4 Å². The minimum Gasteiger partial charge on any atom is -0.444 e. The molecule has 0 aliphatic carbocycles. The molecular formula is C16H22F2N2O3. The molecule has 2 atom stereocenters. The minimum absolute atomic E-state index is 0.101. The fourth-order valence-corrected chi connectivity index (χ4v) is 2.01. The van der Waals surface area contributed by atoms with Gasteiger partial charge in [0, 0.05) is 5.56 Å². The van der Waals surface area contributed by atoms with Crippen LogP contribution in [-0.4, -0.2) is 17.7 Å². The molecule has 0 spiro atoms. The average molecular weight is 328 g/mol. The van der Waals surface area contributed by atoms with Gasteiger partial charge < -0.3 is 10.1 Å². The molecule has 0 fully saturated rings. The normalized spacial score (nSPS) is 14.0. The monoisotopic (exact) mass is 328 g/mol. The Balaban J connectivity index is 3.02. The summed E-state index contributed by atoms with van der Waals surface area (Å²) >= 11 is 0. The van der Waals surface area contributed by atoms with Crippen molar-refractivity contribution >= 4 is 6.09 Å². The Morgan fingerprint density at radius 2 is 2.09 bits per heavy atom. The number of carbonyl (C=O) groups excluding carboxylic acids is 1. The maximum atomic E-state index is 13.9. The molecule has 5 nitrogen and oxygen atoms in total. The summed E-state index contributed by atoms with van der Waals surface area (Å²) in [5, 5.41) is 2.54. The third-order valence-electron chi connectivity index (χ3n) is 2.90. The number of nitrogens with two attached hydrogens (primary N) is 1. The van der Waals surface area contributed by atoms with E-state index in [1.54, 1.807) is 20.8 Å². The van der Waals surface area contributed by atoms with E-state index < -0.39 is 35.5 Å². The Morgan fingerprint density at radius 1 is 1.43 bits per heavy atom. The first-order valence-electron chi connectivity index (χ1n) is 7.09. The number of halogens is 2. The fraction of sp³-hybridized carbons (Fsp3) is 0.438. The molecule has 1 aromatic rings. The second-order valence-electron chi connectivity index (χ2n) is 6.00. The Hall–Kier alpha value is -1.99. The van der Waals surface area contributed by atoms with Gasteiger partial charge in [0.1, 0.15) is 23.3 Å². The number of nitrogens with one attached hydrogen (secondary N) is 1. The number of hydrogen-bond donors (Lipinski definition) is 2. The lowest BCUT2D eigenvalue weighted by molar-refractivity contribution is 0.0110. The number of ether oxygens (including phenoxy) is 1. The van der Waals surface area contributed by atoms with Gasteiger partial charge in [0.2, 0.25) is 0 Å². The third kappa shape index (κ3) is 5.96.